The normalized spacial score (nSPS) is 10.7. The molecule has 2 aromatic rings. The third-order valence-corrected chi connectivity index (χ3v) is 3.72. The fraction of sp³-hybridized carbons (Fsp3) is 0.350. The van der Waals surface area contributed by atoms with Crippen molar-refractivity contribution in [2.45, 2.75) is 32.9 Å². The van der Waals surface area contributed by atoms with Gasteiger partial charge in [0.05, 0.1) is 6.54 Å². The molecule has 0 saturated carbocycles. The highest BCUT2D eigenvalue weighted by atomic mass is 16.2. The van der Waals surface area contributed by atoms with Crippen molar-refractivity contribution in [3.8, 4) is 0 Å². The van der Waals surface area contributed by atoms with Crippen molar-refractivity contribution < 1.29 is 4.79 Å². The number of nitrogens with one attached hydrogen (secondary N) is 1. The van der Waals surface area contributed by atoms with Gasteiger partial charge in [0, 0.05) is 19.6 Å². The van der Waals surface area contributed by atoms with E-state index in [0.29, 0.717) is 6.54 Å². The number of carbonyl (C=O) groups excluding carboxylic acids is 1. The summed E-state index contributed by atoms with van der Waals surface area (Å²) in [6, 6.07) is 20.6. The first-order valence-corrected chi connectivity index (χ1v) is 8.35. The maximum absolute atomic E-state index is 12.2. The molecule has 0 aliphatic carbocycles. The first-order chi connectivity index (χ1) is 11.3. The number of nitrogens with zero attached hydrogens (tertiary/aromatic N) is 1. The second-order valence-electron chi connectivity index (χ2n) is 5.82. The molecule has 0 aliphatic heterocycles. The van der Waals surface area contributed by atoms with Crippen LogP contribution in [0, 0.1) is 0 Å². The average Bonchev–Trinajstić information content (AvgIpc) is 2.57. The zero-order chi connectivity index (χ0) is 16.3. The summed E-state index contributed by atoms with van der Waals surface area (Å²) in [4.78, 5) is 14.3. The predicted octanol–water partition coefficient (Wildman–Crippen LogP) is 3.61. The lowest BCUT2D eigenvalue weighted by Gasteiger charge is -2.22. The Morgan fingerprint density at radius 1 is 0.913 bits per heavy atom. The van der Waals surface area contributed by atoms with Gasteiger partial charge in [-0.05, 0) is 17.5 Å². The highest BCUT2D eigenvalue weighted by Gasteiger charge is 2.11. The Labute approximate surface area is 139 Å². The van der Waals surface area contributed by atoms with E-state index in [1.807, 2.05) is 36.4 Å². The van der Waals surface area contributed by atoms with Gasteiger partial charge in [-0.25, -0.2) is 0 Å². The minimum absolute atomic E-state index is 0.102. The van der Waals surface area contributed by atoms with E-state index in [1.165, 1.54) is 11.1 Å². The summed E-state index contributed by atoms with van der Waals surface area (Å²) in [5, 5.41) is 3.01. The fourth-order valence-electron chi connectivity index (χ4n) is 2.51. The molecule has 0 aromatic heterocycles. The molecular formula is C20H26N2O. The van der Waals surface area contributed by atoms with Gasteiger partial charge < -0.3 is 5.32 Å². The van der Waals surface area contributed by atoms with Crippen molar-refractivity contribution in [1.82, 2.24) is 10.2 Å². The number of hydrogen-bond acceptors (Lipinski definition) is 2. The SMILES string of the molecule is CCCCNC(=O)CN(Cc1ccccc1)Cc1ccccc1. The minimum atomic E-state index is 0.102. The molecule has 0 spiro atoms. The number of amides is 1. The Kier molecular flexibility index (Phi) is 7.34. The molecule has 0 heterocycles. The minimum Gasteiger partial charge on any atom is -0.355 e. The van der Waals surface area contributed by atoms with Crippen LogP contribution in [-0.2, 0) is 17.9 Å². The maximum Gasteiger partial charge on any atom is 0.234 e. The highest BCUT2D eigenvalue weighted by molar-refractivity contribution is 5.77. The first-order valence-electron chi connectivity index (χ1n) is 8.35. The molecule has 0 bridgehead atoms. The van der Waals surface area contributed by atoms with Crippen molar-refractivity contribution in [2.24, 2.45) is 0 Å². The fourth-order valence-corrected chi connectivity index (χ4v) is 2.51. The molecule has 23 heavy (non-hydrogen) atoms. The molecule has 3 heteroatoms. The number of carbonyl (C=O) groups is 1. The monoisotopic (exact) mass is 310 g/mol. The van der Waals surface area contributed by atoms with E-state index in [9.17, 15) is 4.79 Å². The summed E-state index contributed by atoms with van der Waals surface area (Å²) in [6.45, 7) is 4.87. The van der Waals surface area contributed by atoms with E-state index >= 15 is 0 Å². The average molecular weight is 310 g/mol. The summed E-state index contributed by atoms with van der Waals surface area (Å²) in [7, 11) is 0. The van der Waals surface area contributed by atoms with Crippen LogP contribution in [0.3, 0.4) is 0 Å². The molecule has 122 valence electrons. The molecule has 0 atom stereocenters. The lowest BCUT2D eigenvalue weighted by molar-refractivity contribution is -0.122. The number of hydrogen-bond donors (Lipinski definition) is 1. The number of rotatable bonds is 9. The summed E-state index contributed by atoms with van der Waals surface area (Å²) in [5.41, 5.74) is 2.45. The van der Waals surface area contributed by atoms with Crippen molar-refractivity contribution in [3.63, 3.8) is 0 Å². The lowest BCUT2D eigenvalue weighted by Crippen LogP contribution is -2.37. The Balaban J connectivity index is 1.97. The Bertz CT molecular complexity index is 527. The van der Waals surface area contributed by atoms with Crippen LogP contribution in [0.2, 0.25) is 0 Å². The van der Waals surface area contributed by atoms with Crippen molar-refractivity contribution >= 4 is 5.91 Å². The maximum atomic E-state index is 12.2. The molecular weight excluding hydrogens is 284 g/mol. The van der Waals surface area contributed by atoms with Crippen LogP contribution in [-0.4, -0.2) is 23.9 Å². The topological polar surface area (TPSA) is 32.3 Å². The van der Waals surface area contributed by atoms with Crippen LogP contribution in [0.4, 0.5) is 0 Å². The molecule has 3 nitrogen and oxygen atoms in total. The third-order valence-electron chi connectivity index (χ3n) is 3.72. The van der Waals surface area contributed by atoms with Crippen LogP contribution in [0.25, 0.3) is 0 Å². The van der Waals surface area contributed by atoms with E-state index < -0.39 is 0 Å². The summed E-state index contributed by atoms with van der Waals surface area (Å²) in [6.07, 6.45) is 2.13. The summed E-state index contributed by atoms with van der Waals surface area (Å²) < 4.78 is 0. The van der Waals surface area contributed by atoms with E-state index in [-0.39, 0.29) is 5.91 Å². The van der Waals surface area contributed by atoms with Gasteiger partial charge in [0.25, 0.3) is 0 Å². The molecule has 2 aromatic carbocycles. The van der Waals surface area contributed by atoms with Gasteiger partial charge in [-0.3, -0.25) is 9.69 Å². The van der Waals surface area contributed by atoms with Gasteiger partial charge in [-0.1, -0.05) is 74.0 Å². The summed E-state index contributed by atoms with van der Waals surface area (Å²) >= 11 is 0. The van der Waals surface area contributed by atoms with Crippen LogP contribution in [0.1, 0.15) is 30.9 Å². The van der Waals surface area contributed by atoms with Crippen molar-refractivity contribution in [3.05, 3.63) is 71.8 Å². The van der Waals surface area contributed by atoms with Gasteiger partial charge in [0.1, 0.15) is 0 Å². The van der Waals surface area contributed by atoms with Crippen LogP contribution >= 0.6 is 0 Å². The van der Waals surface area contributed by atoms with Crippen LogP contribution < -0.4 is 5.32 Å². The molecule has 0 aliphatic rings. The third kappa shape index (κ3) is 6.66. The van der Waals surface area contributed by atoms with Crippen LogP contribution in [0.5, 0.6) is 0 Å². The van der Waals surface area contributed by atoms with Gasteiger partial charge >= 0.3 is 0 Å². The van der Waals surface area contributed by atoms with Gasteiger partial charge in [0.2, 0.25) is 5.91 Å². The van der Waals surface area contributed by atoms with E-state index in [4.69, 9.17) is 0 Å². The van der Waals surface area contributed by atoms with Gasteiger partial charge in [-0.2, -0.15) is 0 Å². The van der Waals surface area contributed by atoms with E-state index in [2.05, 4.69) is 41.4 Å². The summed E-state index contributed by atoms with van der Waals surface area (Å²) in [5.74, 6) is 0.102. The number of unbranched alkanes of at least 4 members (excludes halogenated alkanes) is 1. The molecule has 0 radical (unpaired) electrons. The molecule has 1 N–H and O–H groups in total. The lowest BCUT2D eigenvalue weighted by atomic mass is 10.1. The van der Waals surface area contributed by atoms with Gasteiger partial charge in [0.15, 0.2) is 0 Å². The standard InChI is InChI=1S/C20H26N2O/c1-2-3-14-21-20(23)17-22(15-18-10-6-4-7-11-18)16-19-12-8-5-9-13-19/h4-13H,2-3,14-17H2,1H3,(H,21,23). The Morgan fingerprint density at radius 2 is 1.43 bits per heavy atom. The highest BCUT2D eigenvalue weighted by Crippen LogP contribution is 2.09. The number of benzene rings is 2. The zero-order valence-corrected chi connectivity index (χ0v) is 13.9. The largest absolute Gasteiger partial charge is 0.355 e. The second-order valence-corrected chi connectivity index (χ2v) is 5.82. The smallest absolute Gasteiger partial charge is 0.234 e. The Hall–Kier alpha value is -2.13. The molecule has 0 unspecified atom stereocenters. The Morgan fingerprint density at radius 3 is 1.91 bits per heavy atom. The molecule has 1 amide bonds. The van der Waals surface area contributed by atoms with Crippen molar-refractivity contribution in [1.29, 1.82) is 0 Å². The quantitative estimate of drug-likeness (QED) is 0.718. The predicted molar refractivity (Wildman–Crippen MR) is 94.9 cm³/mol. The van der Waals surface area contributed by atoms with Gasteiger partial charge in [-0.15, -0.1) is 0 Å². The zero-order valence-electron chi connectivity index (χ0n) is 13.9. The first kappa shape index (κ1) is 17.2. The van der Waals surface area contributed by atoms with E-state index in [0.717, 1.165) is 32.5 Å². The molecule has 0 saturated heterocycles. The van der Waals surface area contributed by atoms with E-state index in [1.54, 1.807) is 0 Å². The van der Waals surface area contributed by atoms with Crippen LogP contribution in [0.15, 0.2) is 60.7 Å². The van der Waals surface area contributed by atoms with Crippen molar-refractivity contribution in [2.75, 3.05) is 13.1 Å². The molecule has 0 fully saturated rings. The second kappa shape index (κ2) is 9.80. The molecule has 2 rings (SSSR count).